The van der Waals surface area contributed by atoms with Crippen molar-refractivity contribution in [2.45, 2.75) is 102 Å². The number of amidine groups is 1. The van der Waals surface area contributed by atoms with Crippen LogP contribution in [0, 0.1) is 0 Å². The third kappa shape index (κ3) is 4.66. The molecular formula is C26H39N3O7S. The quantitative estimate of drug-likeness (QED) is 0.466. The van der Waals surface area contributed by atoms with Gasteiger partial charge in [-0.2, -0.15) is 4.90 Å². The zero-order valence-electron chi connectivity index (χ0n) is 23.4. The number of carbonyl (C=O) groups is 2. The van der Waals surface area contributed by atoms with Gasteiger partial charge in [-0.05, 0) is 87.4 Å². The number of imide groups is 1. The average Bonchev–Trinajstić information content (AvgIpc) is 2.80. The molecule has 2 unspecified atom stereocenters. The topological polar surface area (TPSA) is 138 Å². The number of hydrogen-bond acceptors (Lipinski definition) is 9. The van der Waals surface area contributed by atoms with Gasteiger partial charge in [0.15, 0.2) is 9.84 Å². The molecule has 37 heavy (non-hydrogen) atoms. The van der Waals surface area contributed by atoms with Gasteiger partial charge >= 0.3 is 12.2 Å². The summed E-state index contributed by atoms with van der Waals surface area (Å²) in [5, 5.41) is 0. The molecule has 11 heteroatoms. The number of benzene rings is 1. The van der Waals surface area contributed by atoms with Crippen molar-refractivity contribution in [3.8, 4) is 5.75 Å². The standard InChI is InChI=1S/C26H39N3O7S/c1-22(2,3)35-20(30)29(21(31)36-23(4,5)6)19-24(7,8)37(32,33)25(9)13-14-34-18-12-11-16(27)15-17(18)26(25,10)28-19/h11-12,15H,13-14,27H2,1-10H3. The van der Waals surface area contributed by atoms with Crippen molar-refractivity contribution in [1.82, 2.24) is 4.90 Å². The number of ether oxygens (including phenoxy) is 3. The van der Waals surface area contributed by atoms with E-state index >= 15 is 0 Å². The highest BCUT2D eigenvalue weighted by Gasteiger charge is 2.67. The van der Waals surface area contributed by atoms with Gasteiger partial charge in [0.05, 0.1) is 6.61 Å². The van der Waals surface area contributed by atoms with Crippen molar-refractivity contribution in [3.05, 3.63) is 23.8 Å². The molecular weight excluding hydrogens is 498 g/mol. The summed E-state index contributed by atoms with van der Waals surface area (Å²) >= 11 is 0. The van der Waals surface area contributed by atoms with Crippen molar-refractivity contribution >= 4 is 33.5 Å². The summed E-state index contributed by atoms with van der Waals surface area (Å²) in [4.78, 5) is 32.5. The Kier molecular flexibility index (Phi) is 6.69. The number of nitrogen functional groups attached to an aromatic ring is 1. The number of nitrogens with two attached hydrogens (primary N) is 1. The van der Waals surface area contributed by atoms with Crippen LogP contribution in [0.3, 0.4) is 0 Å². The van der Waals surface area contributed by atoms with Crippen LogP contribution < -0.4 is 10.5 Å². The van der Waals surface area contributed by atoms with Crippen molar-refractivity contribution in [2.75, 3.05) is 12.3 Å². The van der Waals surface area contributed by atoms with E-state index in [2.05, 4.69) is 0 Å². The fourth-order valence-electron chi connectivity index (χ4n) is 4.72. The summed E-state index contributed by atoms with van der Waals surface area (Å²) in [6.07, 6.45) is -2.05. The van der Waals surface area contributed by atoms with E-state index in [-0.39, 0.29) is 18.9 Å². The smallest absolute Gasteiger partial charge is 0.425 e. The Hall–Kier alpha value is -2.82. The lowest BCUT2D eigenvalue weighted by molar-refractivity contribution is 0.0137. The highest BCUT2D eigenvalue weighted by Crippen LogP contribution is 2.55. The molecule has 2 N–H and O–H groups in total. The lowest BCUT2D eigenvalue weighted by Gasteiger charge is -2.51. The Labute approximate surface area is 219 Å². The molecule has 10 nitrogen and oxygen atoms in total. The van der Waals surface area contributed by atoms with Crippen LogP contribution in [0.2, 0.25) is 0 Å². The molecule has 1 aromatic rings. The number of fused-ring (bicyclic) bond motifs is 3. The fraction of sp³-hybridized carbons (Fsp3) is 0.654. The molecule has 206 valence electrons. The third-order valence-corrected chi connectivity index (χ3v) is 10.2. The minimum Gasteiger partial charge on any atom is -0.493 e. The van der Waals surface area contributed by atoms with Crippen LogP contribution in [0.15, 0.2) is 23.2 Å². The van der Waals surface area contributed by atoms with Crippen molar-refractivity contribution < 1.29 is 32.2 Å². The molecule has 3 rings (SSSR count). The number of anilines is 1. The van der Waals surface area contributed by atoms with Crippen LogP contribution in [0.1, 0.15) is 81.2 Å². The maximum absolute atomic E-state index is 14.5. The second-order valence-corrected chi connectivity index (χ2v) is 15.3. The number of aliphatic imine (C=N–C) groups is 1. The number of nitrogens with zero attached hydrogens (tertiary/aromatic N) is 2. The van der Waals surface area contributed by atoms with Crippen LogP contribution in [0.25, 0.3) is 0 Å². The molecule has 2 aliphatic heterocycles. The molecule has 0 fully saturated rings. The van der Waals surface area contributed by atoms with Gasteiger partial charge in [0.2, 0.25) is 0 Å². The van der Waals surface area contributed by atoms with Gasteiger partial charge in [-0.3, -0.25) is 4.99 Å². The van der Waals surface area contributed by atoms with Gasteiger partial charge < -0.3 is 19.9 Å². The molecule has 0 radical (unpaired) electrons. The third-order valence-electron chi connectivity index (χ3n) is 6.89. The molecule has 0 spiro atoms. The first kappa shape index (κ1) is 28.7. The predicted octanol–water partition coefficient (Wildman–Crippen LogP) is 4.80. The average molecular weight is 538 g/mol. The van der Waals surface area contributed by atoms with Crippen molar-refractivity contribution in [1.29, 1.82) is 0 Å². The number of hydrogen-bond donors (Lipinski definition) is 1. The fourth-order valence-corrected chi connectivity index (χ4v) is 7.26. The molecule has 0 saturated carbocycles. The maximum Gasteiger partial charge on any atom is 0.425 e. The molecule has 0 aliphatic carbocycles. The molecule has 0 bridgehead atoms. The summed E-state index contributed by atoms with van der Waals surface area (Å²) in [6.45, 7) is 16.1. The summed E-state index contributed by atoms with van der Waals surface area (Å²) in [6, 6.07) is 4.95. The predicted molar refractivity (Wildman–Crippen MR) is 141 cm³/mol. The Morgan fingerprint density at radius 2 is 1.51 bits per heavy atom. The van der Waals surface area contributed by atoms with Gasteiger partial charge in [0.1, 0.15) is 37.8 Å². The van der Waals surface area contributed by atoms with Crippen LogP contribution in [0.5, 0.6) is 5.75 Å². The second kappa shape index (κ2) is 8.61. The van der Waals surface area contributed by atoms with E-state index in [0.29, 0.717) is 21.9 Å². The Bertz CT molecular complexity index is 1230. The van der Waals surface area contributed by atoms with Crippen LogP contribution in [-0.4, -0.2) is 58.6 Å². The lowest BCUT2D eigenvalue weighted by Crippen LogP contribution is -2.68. The van der Waals surface area contributed by atoms with Gasteiger partial charge in [-0.15, -0.1) is 0 Å². The number of carbonyl (C=O) groups excluding carboxylic acids is 2. The lowest BCUT2D eigenvalue weighted by atomic mass is 9.78. The molecule has 2 heterocycles. The Balaban J connectivity index is 2.40. The van der Waals surface area contributed by atoms with E-state index < -0.39 is 48.3 Å². The molecule has 2 aliphatic rings. The van der Waals surface area contributed by atoms with E-state index in [0.717, 1.165) is 0 Å². The first-order valence-electron chi connectivity index (χ1n) is 12.2. The van der Waals surface area contributed by atoms with E-state index in [4.69, 9.17) is 24.9 Å². The van der Waals surface area contributed by atoms with E-state index in [1.807, 2.05) is 0 Å². The molecule has 0 saturated heterocycles. The number of rotatable bonds is 0. The highest BCUT2D eigenvalue weighted by atomic mass is 32.2. The summed E-state index contributed by atoms with van der Waals surface area (Å²) < 4.78 is 42.7. The summed E-state index contributed by atoms with van der Waals surface area (Å²) in [7, 11) is -4.16. The van der Waals surface area contributed by atoms with Crippen molar-refractivity contribution in [2.24, 2.45) is 4.99 Å². The minimum atomic E-state index is -4.16. The van der Waals surface area contributed by atoms with Crippen LogP contribution in [-0.2, 0) is 24.8 Å². The second-order valence-electron chi connectivity index (χ2n) is 12.4. The largest absolute Gasteiger partial charge is 0.493 e. The Morgan fingerprint density at radius 1 is 1.00 bits per heavy atom. The van der Waals surface area contributed by atoms with E-state index in [9.17, 15) is 18.0 Å². The maximum atomic E-state index is 14.5. The number of sulfone groups is 1. The van der Waals surface area contributed by atoms with E-state index in [1.165, 1.54) is 13.8 Å². The Morgan fingerprint density at radius 3 is 2.00 bits per heavy atom. The zero-order valence-corrected chi connectivity index (χ0v) is 24.2. The van der Waals surface area contributed by atoms with Gasteiger partial charge in [0, 0.05) is 17.7 Å². The first-order chi connectivity index (χ1) is 16.6. The van der Waals surface area contributed by atoms with Gasteiger partial charge in [0.25, 0.3) is 0 Å². The van der Waals surface area contributed by atoms with Gasteiger partial charge in [-0.25, -0.2) is 18.0 Å². The molecule has 1 aromatic carbocycles. The van der Waals surface area contributed by atoms with Crippen LogP contribution >= 0.6 is 0 Å². The SMILES string of the molecule is CC(C)(C)OC(=O)N(C(=O)OC(C)(C)C)C1=NC2(C)c3cc(N)ccc3OCCC2(C)S(=O)(=O)C1(C)C. The number of amides is 2. The monoisotopic (exact) mass is 537 g/mol. The highest BCUT2D eigenvalue weighted by molar-refractivity contribution is 7.95. The van der Waals surface area contributed by atoms with Crippen molar-refractivity contribution in [3.63, 3.8) is 0 Å². The summed E-state index contributed by atoms with van der Waals surface area (Å²) in [5.74, 6) is 0.130. The molecule has 2 atom stereocenters. The minimum absolute atomic E-state index is 0.125. The molecule has 2 amide bonds. The summed E-state index contributed by atoms with van der Waals surface area (Å²) in [5.41, 5.74) is 3.49. The van der Waals surface area contributed by atoms with Gasteiger partial charge in [-0.1, -0.05) is 0 Å². The van der Waals surface area contributed by atoms with Crippen LogP contribution in [0.4, 0.5) is 15.3 Å². The first-order valence-corrected chi connectivity index (χ1v) is 13.7. The molecule has 0 aromatic heterocycles. The van der Waals surface area contributed by atoms with E-state index in [1.54, 1.807) is 73.6 Å². The zero-order chi connectivity index (χ0) is 28.4. The normalized spacial score (nSPS) is 26.4.